The maximum Gasteiger partial charge on any atom is 0.226 e. The summed E-state index contributed by atoms with van der Waals surface area (Å²) in [6.07, 6.45) is 0.251. The van der Waals surface area contributed by atoms with Gasteiger partial charge in [-0.2, -0.15) is 0 Å². The van der Waals surface area contributed by atoms with E-state index in [-0.39, 0.29) is 12.3 Å². The van der Waals surface area contributed by atoms with Crippen molar-refractivity contribution in [2.24, 2.45) is 0 Å². The van der Waals surface area contributed by atoms with Crippen LogP contribution in [0.4, 0.5) is 11.4 Å². The van der Waals surface area contributed by atoms with E-state index >= 15 is 0 Å². The van der Waals surface area contributed by atoms with Crippen LogP contribution in [0.1, 0.15) is 6.42 Å². The molecule has 2 N–H and O–H groups in total. The summed E-state index contributed by atoms with van der Waals surface area (Å²) in [7, 11) is 4.55. The van der Waals surface area contributed by atoms with Crippen LogP contribution in [-0.2, 0) is 4.79 Å². The lowest BCUT2D eigenvalue weighted by Crippen LogP contribution is -2.16. The largest absolute Gasteiger partial charge is 0.493 e. The fourth-order valence-corrected chi connectivity index (χ4v) is 2.88. The first kappa shape index (κ1) is 20.0. The third-order valence-corrected chi connectivity index (χ3v) is 3.93. The standard InChI is InChI=1S/C18H20Cl2N2O4/c1-24-15-9-14(10-16(25-2)18(15)26-3)22-17(23)4-5-21-13-7-11(19)6-12(20)8-13/h6-10,21H,4-5H2,1-3H3,(H,22,23). The molecule has 0 fully saturated rings. The zero-order chi connectivity index (χ0) is 19.1. The molecule has 2 aromatic rings. The van der Waals surface area contributed by atoms with Crippen molar-refractivity contribution in [3.8, 4) is 17.2 Å². The van der Waals surface area contributed by atoms with Crippen molar-refractivity contribution in [3.63, 3.8) is 0 Å². The number of nitrogens with one attached hydrogen (secondary N) is 2. The summed E-state index contributed by atoms with van der Waals surface area (Å²) in [5, 5.41) is 6.97. The molecule has 0 radical (unpaired) electrons. The van der Waals surface area contributed by atoms with Crippen LogP contribution >= 0.6 is 23.2 Å². The average molecular weight is 399 g/mol. The van der Waals surface area contributed by atoms with E-state index in [2.05, 4.69) is 10.6 Å². The fourth-order valence-electron chi connectivity index (χ4n) is 2.35. The van der Waals surface area contributed by atoms with Crippen LogP contribution in [0, 0.1) is 0 Å². The second kappa shape index (κ2) is 9.40. The first-order valence-electron chi connectivity index (χ1n) is 7.76. The van der Waals surface area contributed by atoms with Gasteiger partial charge in [-0.3, -0.25) is 4.79 Å². The van der Waals surface area contributed by atoms with Crippen LogP contribution in [0.3, 0.4) is 0 Å². The highest BCUT2D eigenvalue weighted by Gasteiger charge is 2.14. The first-order chi connectivity index (χ1) is 12.5. The van der Waals surface area contributed by atoms with Crippen LogP contribution in [-0.4, -0.2) is 33.8 Å². The van der Waals surface area contributed by atoms with Crippen molar-refractivity contribution < 1.29 is 19.0 Å². The van der Waals surface area contributed by atoms with Gasteiger partial charge in [0.05, 0.1) is 21.3 Å². The van der Waals surface area contributed by atoms with Crippen LogP contribution in [0.15, 0.2) is 30.3 Å². The normalized spacial score (nSPS) is 10.2. The molecule has 1 amide bonds. The molecule has 0 bridgehead atoms. The third-order valence-electron chi connectivity index (χ3n) is 3.49. The van der Waals surface area contributed by atoms with Crippen molar-refractivity contribution in [3.05, 3.63) is 40.4 Å². The van der Waals surface area contributed by atoms with Crippen molar-refractivity contribution in [2.75, 3.05) is 38.5 Å². The highest BCUT2D eigenvalue weighted by molar-refractivity contribution is 6.35. The van der Waals surface area contributed by atoms with E-state index in [1.165, 1.54) is 21.3 Å². The molecular formula is C18H20Cl2N2O4. The zero-order valence-corrected chi connectivity index (χ0v) is 16.2. The van der Waals surface area contributed by atoms with Gasteiger partial charge in [-0.25, -0.2) is 0 Å². The van der Waals surface area contributed by atoms with Gasteiger partial charge in [-0.1, -0.05) is 23.2 Å². The highest BCUT2D eigenvalue weighted by atomic mass is 35.5. The van der Waals surface area contributed by atoms with Crippen LogP contribution in [0.25, 0.3) is 0 Å². The van der Waals surface area contributed by atoms with Crippen LogP contribution < -0.4 is 24.8 Å². The molecule has 0 atom stereocenters. The number of carbonyl (C=O) groups is 1. The maximum absolute atomic E-state index is 12.2. The predicted octanol–water partition coefficient (Wildman–Crippen LogP) is 4.46. The van der Waals surface area contributed by atoms with E-state index in [9.17, 15) is 4.79 Å². The first-order valence-corrected chi connectivity index (χ1v) is 8.52. The fraction of sp³-hybridized carbons (Fsp3) is 0.278. The number of hydrogen-bond acceptors (Lipinski definition) is 5. The lowest BCUT2D eigenvalue weighted by molar-refractivity contribution is -0.115. The number of halogens is 2. The van der Waals surface area contributed by atoms with Crippen LogP contribution in [0.2, 0.25) is 10.0 Å². The molecule has 0 spiro atoms. The molecule has 0 saturated carbocycles. The predicted molar refractivity (Wildman–Crippen MR) is 104 cm³/mol. The topological polar surface area (TPSA) is 68.8 Å². The van der Waals surface area contributed by atoms with E-state index in [0.29, 0.717) is 39.5 Å². The van der Waals surface area contributed by atoms with Gasteiger partial charge < -0.3 is 24.8 Å². The van der Waals surface area contributed by atoms with Gasteiger partial charge in [0, 0.05) is 46.5 Å². The summed E-state index contributed by atoms with van der Waals surface area (Å²) in [6.45, 7) is 0.424. The molecule has 0 heterocycles. The van der Waals surface area contributed by atoms with Gasteiger partial charge in [-0.05, 0) is 18.2 Å². The summed E-state index contributed by atoms with van der Waals surface area (Å²) >= 11 is 11.9. The number of ether oxygens (including phenoxy) is 3. The molecule has 0 aliphatic rings. The van der Waals surface area contributed by atoms with Gasteiger partial charge in [-0.15, -0.1) is 0 Å². The molecule has 0 unspecified atom stereocenters. The number of methoxy groups -OCH3 is 3. The monoisotopic (exact) mass is 398 g/mol. The third kappa shape index (κ3) is 5.34. The van der Waals surface area contributed by atoms with Gasteiger partial charge >= 0.3 is 0 Å². The zero-order valence-electron chi connectivity index (χ0n) is 14.7. The maximum atomic E-state index is 12.2. The number of carbonyl (C=O) groups excluding carboxylic acids is 1. The van der Waals surface area contributed by atoms with Crippen molar-refractivity contribution in [1.29, 1.82) is 0 Å². The van der Waals surface area contributed by atoms with E-state index in [1.54, 1.807) is 30.3 Å². The quantitative estimate of drug-likeness (QED) is 0.686. The minimum Gasteiger partial charge on any atom is -0.493 e. The highest BCUT2D eigenvalue weighted by Crippen LogP contribution is 2.39. The molecule has 2 aromatic carbocycles. The summed E-state index contributed by atoms with van der Waals surface area (Å²) < 4.78 is 15.8. The molecule has 0 aromatic heterocycles. The number of anilines is 2. The summed E-state index contributed by atoms with van der Waals surface area (Å²) in [6, 6.07) is 8.47. The molecule has 0 aliphatic carbocycles. The van der Waals surface area contributed by atoms with Gasteiger partial charge in [0.25, 0.3) is 0 Å². The average Bonchev–Trinajstić information content (AvgIpc) is 2.59. The summed E-state index contributed by atoms with van der Waals surface area (Å²) in [4.78, 5) is 12.2. The molecule has 8 heteroatoms. The molecule has 26 heavy (non-hydrogen) atoms. The minimum absolute atomic E-state index is 0.167. The van der Waals surface area contributed by atoms with E-state index in [1.807, 2.05) is 0 Å². The molecular weight excluding hydrogens is 379 g/mol. The van der Waals surface area contributed by atoms with Crippen molar-refractivity contribution in [1.82, 2.24) is 0 Å². The van der Waals surface area contributed by atoms with E-state index < -0.39 is 0 Å². The molecule has 0 saturated heterocycles. The summed E-state index contributed by atoms with van der Waals surface area (Å²) in [5.74, 6) is 1.23. The Bertz CT molecular complexity index is 739. The van der Waals surface area contributed by atoms with E-state index in [0.717, 1.165) is 5.69 Å². The van der Waals surface area contributed by atoms with Crippen LogP contribution in [0.5, 0.6) is 17.2 Å². The number of rotatable bonds is 8. The SMILES string of the molecule is COc1cc(NC(=O)CCNc2cc(Cl)cc(Cl)c2)cc(OC)c1OC. The molecule has 2 rings (SSSR count). The lowest BCUT2D eigenvalue weighted by Gasteiger charge is -2.14. The van der Waals surface area contributed by atoms with Gasteiger partial charge in [0.2, 0.25) is 11.7 Å². The Labute approximate surface area is 162 Å². The number of benzene rings is 2. The van der Waals surface area contributed by atoms with Gasteiger partial charge in [0.15, 0.2) is 11.5 Å². The Morgan fingerprint density at radius 2 is 1.46 bits per heavy atom. The second-order valence-corrected chi connectivity index (χ2v) is 6.17. The molecule has 140 valence electrons. The minimum atomic E-state index is -0.167. The number of hydrogen-bond donors (Lipinski definition) is 2. The van der Waals surface area contributed by atoms with Crippen molar-refractivity contribution >= 4 is 40.5 Å². The van der Waals surface area contributed by atoms with Crippen molar-refractivity contribution in [2.45, 2.75) is 6.42 Å². The Morgan fingerprint density at radius 3 is 1.96 bits per heavy atom. The van der Waals surface area contributed by atoms with E-state index in [4.69, 9.17) is 37.4 Å². The molecule has 0 aliphatic heterocycles. The van der Waals surface area contributed by atoms with Gasteiger partial charge in [0.1, 0.15) is 0 Å². The Hall–Kier alpha value is -2.31. The Kier molecular flexibility index (Phi) is 7.24. The summed E-state index contributed by atoms with van der Waals surface area (Å²) in [5.41, 5.74) is 1.30. The Morgan fingerprint density at radius 1 is 0.885 bits per heavy atom. The molecule has 6 nitrogen and oxygen atoms in total. The lowest BCUT2D eigenvalue weighted by atomic mass is 10.2. The second-order valence-electron chi connectivity index (χ2n) is 5.30. The Balaban J connectivity index is 1.97. The smallest absolute Gasteiger partial charge is 0.226 e. The number of amides is 1.